The number of hydrogen-bond donors (Lipinski definition) is 1. The van der Waals surface area contributed by atoms with Gasteiger partial charge in [0.05, 0.1) is 5.41 Å². The number of hydrogen-bond acceptors (Lipinski definition) is 2. The van der Waals surface area contributed by atoms with E-state index >= 15 is 0 Å². The zero-order valence-electron chi connectivity index (χ0n) is 13.5. The third kappa shape index (κ3) is 3.01. The molecular formula is C16H28N2O3. The van der Waals surface area contributed by atoms with Gasteiger partial charge in [0.25, 0.3) is 0 Å². The van der Waals surface area contributed by atoms with E-state index in [2.05, 4.69) is 6.92 Å². The average Bonchev–Trinajstić information content (AvgIpc) is 3.05. The van der Waals surface area contributed by atoms with E-state index in [1.807, 2.05) is 18.7 Å². The fourth-order valence-corrected chi connectivity index (χ4v) is 3.74. The van der Waals surface area contributed by atoms with E-state index in [0.717, 1.165) is 25.9 Å². The molecule has 0 aliphatic carbocycles. The van der Waals surface area contributed by atoms with Crippen LogP contribution < -0.4 is 0 Å². The Balaban J connectivity index is 1.98. The normalized spacial score (nSPS) is 29.4. The number of carboxylic acids is 1. The summed E-state index contributed by atoms with van der Waals surface area (Å²) in [7, 11) is 0. The van der Waals surface area contributed by atoms with E-state index in [-0.39, 0.29) is 11.9 Å². The van der Waals surface area contributed by atoms with E-state index in [4.69, 9.17) is 0 Å². The maximum absolute atomic E-state index is 12.6. The standard InChI is InChI=1S/C16H28N2O3/c1-4-5-13-6-8-17(10-13)15(21)18-9-7-16(11-18,12(2)3)14(19)20/h12-13H,4-11H2,1-3H3,(H,19,20). The van der Waals surface area contributed by atoms with Gasteiger partial charge in [-0.3, -0.25) is 4.79 Å². The lowest BCUT2D eigenvalue weighted by Gasteiger charge is -2.30. The van der Waals surface area contributed by atoms with Crippen LogP contribution in [-0.2, 0) is 4.79 Å². The zero-order valence-corrected chi connectivity index (χ0v) is 13.5. The fourth-order valence-electron chi connectivity index (χ4n) is 3.74. The zero-order chi connectivity index (χ0) is 15.6. The highest BCUT2D eigenvalue weighted by Crippen LogP contribution is 2.38. The molecule has 120 valence electrons. The van der Waals surface area contributed by atoms with Gasteiger partial charge in [0, 0.05) is 26.2 Å². The molecule has 2 rings (SSSR count). The maximum Gasteiger partial charge on any atom is 0.320 e. The Morgan fingerprint density at radius 1 is 1.29 bits per heavy atom. The van der Waals surface area contributed by atoms with Gasteiger partial charge in [-0.05, 0) is 31.1 Å². The first-order chi connectivity index (χ1) is 9.90. The van der Waals surface area contributed by atoms with Crippen molar-refractivity contribution in [3.05, 3.63) is 0 Å². The van der Waals surface area contributed by atoms with Crippen LogP contribution in [0.5, 0.6) is 0 Å². The topological polar surface area (TPSA) is 60.9 Å². The number of urea groups is 1. The predicted octanol–water partition coefficient (Wildman–Crippen LogP) is 2.66. The van der Waals surface area contributed by atoms with Crippen LogP contribution in [0.4, 0.5) is 4.79 Å². The number of carboxylic acid groups (broad SMARTS) is 1. The molecular weight excluding hydrogens is 268 g/mol. The van der Waals surface area contributed by atoms with E-state index in [9.17, 15) is 14.7 Å². The van der Waals surface area contributed by atoms with E-state index in [1.54, 1.807) is 4.90 Å². The number of likely N-dealkylation sites (tertiary alicyclic amines) is 2. The number of carbonyl (C=O) groups excluding carboxylic acids is 1. The van der Waals surface area contributed by atoms with Crippen molar-refractivity contribution in [2.45, 2.75) is 46.5 Å². The van der Waals surface area contributed by atoms with E-state index in [1.165, 1.54) is 6.42 Å². The third-order valence-corrected chi connectivity index (χ3v) is 5.36. The SMILES string of the molecule is CCCC1CCN(C(=O)N2CCC(C(=O)O)(C(C)C)C2)C1. The first kappa shape index (κ1) is 16.1. The first-order valence-corrected chi connectivity index (χ1v) is 8.18. The van der Waals surface area contributed by atoms with Gasteiger partial charge in [-0.1, -0.05) is 27.2 Å². The molecule has 2 amide bonds. The molecule has 0 aromatic heterocycles. The van der Waals surface area contributed by atoms with Crippen molar-refractivity contribution in [3.8, 4) is 0 Å². The second kappa shape index (κ2) is 6.24. The average molecular weight is 296 g/mol. The Labute approximate surface area is 127 Å². The summed E-state index contributed by atoms with van der Waals surface area (Å²) in [4.78, 5) is 27.9. The van der Waals surface area contributed by atoms with Gasteiger partial charge < -0.3 is 14.9 Å². The van der Waals surface area contributed by atoms with Crippen molar-refractivity contribution < 1.29 is 14.7 Å². The van der Waals surface area contributed by atoms with Crippen molar-refractivity contribution >= 4 is 12.0 Å². The van der Waals surface area contributed by atoms with Crippen molar-refractivity contribution in [2.75, 3.05) is 26.2 Å². The summed E-state index contributed by atoms with van der Waals surface area (Å²) in [6, 6.07) is 0.0392. The molecule has 0 radical (unpaired) electrons. The van der Waals surface area contributed by atoms with E-state index < -0.39 is 11.4 Å². The lowest BCUT2D eigenvalue weighted by atomic mass is 9.76. The van der Waals surface area contributed by atoms with Crippen LogP contribution >= 0.6 is 0 Å². The van der Waals surface area contributed by atoms with Crippen molar-refractivity contribution in [1.82, 2.24) is 9.80 Å². The molecule has 1 N–H and O–H groups in total. The van der Waals surface area contributed by atoms with Crippen LogP contribution in [0.1, 0.15) is 46.5 Å². The monoisotopic (exact) mass is 296 g/mol. The molecule has 0 aromatic carbocycles. The molecule has 21 heavy (non-hydrogen) atoms. The first-order valence-electron chi connectivity index (χ1n) is 8.18. The predicted molar refractivity (Wildman–Crippen MR) is 81.1 cm³/mol. The van der Waals surface area contributed by atoms with Crippen molar-refractivity contribution in [2.24, 2.45) is 17.3 Å². The molecule has 2 aliphatic rings. The summed E-state index contributed by atoms with van der Waals surface area (Å²) in [5.41, 5.74) is -0.766. The van der Waals surface area contributed by atoms with Gasteiger partial charge >= 0.3 is 12.0 Å². The van der Waals surface area contributed by atoms with E-state index in [0.29, 0.717) is 25.4 Å². The summed E-state index contributed by atoms with van der Waals surface area (Å²) in [5, 5.41) is 9.56. The Bertz CT molecular complexity index is 410. The lowest BCUT2D eigenvalue weighted by Crippen LogP contribution is -2.44. The quantitative estimate of drug-likeness (QED) is 0.867. The van der Waals surface area contributed by atoms with Gasteiger partial charge in [0.15, 0.2) is 0 Å². The van der Waals surface area contributed by atoms with Gasteiger partial charge in [-0.25, -0.2) is 4.79 Å². The molecule has 2 atom stereocenters. The van der Waals surface area contributed by atoms with Gasteiger partial charge in [0.1, 0.15) is 0 Å². The number of amides is 2. The molecule has 0 saturated carbocycles. The summed E-state index contributed by atoms with van der Waals surface area (Å²) >= 11 is 0. The molecule has 0 aromatic rings. The molecule has 2 aliphatic heterocycles. The smallest absolute Gasteiger partial charge is 0.320 e. The number of carbonyl (C=O) groups is 2. The Hall–Kier alpha value is -1.26. The molecule has 5 heteroatoms. The highest BCUT2D eigenvalue weighted by atomic mass is 16.4. The molecule has 2 heterocycles. The highest BCUT2D eigenvalue weighted by molar-refractivity contribution is 5.80. The molecule has 0 spiro atoms. The largest absolute Gasteiger partial charge is 0.481 e. The summed E-state index contributed by atoms with van der Waals surface area (Å²) in [5.74, 6) is -0.104. The third-order valence-electron chi connectivity index (χ3n) is 5.36. The van der Waals surface area contributed by atoms with Crippen LogP contribution in [0.25, 0.3) is 0 Å². The second-order valence-electron chi connectivity index (χ2n) is 6.96. The summed E-state index contributed by atoms with van der Waals surface area (Å²) < 4.78 is 0. The number of rotatable bonds is 4. The Kier molecular flexibility index (Phi) is 4.79. The minimum atomic E-state index is -0.766. The minimum Gasteiger partial charge on any atom is -0.481 e. The molecule has 5 nitrogen and oxygen atoms in total. The van der Waals surface area contributed by atoms with Crippen LogP contribution in [0.15, 0.2) is 0 Å². The highest BCUT2D eigenvalue weighted by Gasteiger charge is 2.49. The van der Waals surface area contributed by atoms with Crippen molar-refractivity contribution in [3.63, 3.8) is 0 Å². The van der Waals surface area contributed by atoms with Gasteiger partial charge in [-0.15, -0.1) is 0 Å². The number of nitrogens with zero attached hydrogens (tertiary/aromatic N) is 2. The number of aliphatic carboxylic acids is 1. The Morgan fingerprint density at radius 3 is 2.52 bits per heavy atom. The van der Waals surface area contributed by atoms with Crippen LogP contribution in [0.3, 0.4) is 0 Å². The van der Waals surface area contributed by atoms with Crippen LogP contribution in [0, 0.1) is 17.3 Å². The van der Waals surface area contributed by atoms with Gasteiger partial charge in [0.2, 0.25) is 0 Å². The molecule has 2 fully saturated rings. The lowest BCUT2D eigenvalue weighted by molar-refractivity contribution is -0.150. The molecule has 2 unspecified atom stereocenters. The van der Waals surface area contributed by atoms with Crippen LogP contribution in [-0.4, -0.2) is 53.1 Å². The fraction of sp³-hybridized carbons (Fsp3) is 0.875. The van der Waals surface area contributed by atoms with Crippen LogP contribution in [0.2, 0.25) is 0 Å². The molecule has 2 saturated heterocycles. The summed E-state index contributed by atoms with van der Waals surface area (Å²) in [6.45, 7) is 8.64. The Morgan fingerprint density at radius 2 is 2.00 bits per heavy atom. The van der Waals surface area contributed by atoms with Gasteiger partial charge in [-0.2, -0.15) is 0 Å². The summed E-state index contributed by atoms with van der Waals surface area (Å²) in [6.07, 6.45) is 3.99. The second-order valence-corrected chi connectivity index (χ2v) is 6.96. The molecule has 0 bridgehead atoms. The maximum atomic E-state index is 12.6. The minimum absolute atomic E-state index is 0.0392. The van der Waals surface area contributed by atoms with Crippen molar-refractivity contribution in [1.29, 1.82) is 0 Å².